The van der Waals surface area contributed by atoms with E-state index in [-0.39, 0.29) is 11.4 Å². The Hall–Kier alpha value is -3.22. The molecule has 1 aliphatic carbocycles. The van der Waals surface area contributed by atoms with Crippen LogP contribution in [0.2, 0.25) is 0 Å². The molecule has 3 heterocycles. The first kappa shape index (κ1) is 25.1. The van der Waals surface area contributed by atoms with Crippen molar-refractivity contribution in [2.45, 2.75) is 32.3 Å². The Bertz CT molecular complexity index is 1690. The molecule has 0 atom stereocenters. The summed E-state index contributed by atoms with van der Waals surface area (Å²) in [6.45, 7) is 6.41. The Morgan fingerprint density at radius 1 is 1.18 bits per heavy atom. The van der Waals surface area contributed by atoms with Crippen molar-refractivity contribution in [3.63, 3.8) is 0 Å². The normalized spacial score (nSPS) is 18.1. The quantitative estimate of drug-likeness (QED) is 0.308. The van der Waals surface area contributed by atoms with Crippen LogP contribution < -0.4 is 10.9 Å². The number of halogens is 1. The summed E-state index contributed by atoms with van der Waals surface area (Å²) in [6, 6.07) is 8.47. The van der Waals surface area contributed by atoms with Crippen molar-refractivity contribution in [3.8, 4) is 0 Å². The molecule has 2 aliphatic rings. The summed E-state index contributed by atoms with van der Waals surface area (Å²) >= 11 is 0. The van der Waals surface area contributed by atoms with Crippen molar-refractivity contribution in [3.05, 3.63) is 69.4 Å². The summed E-state index contributed by atoms with van der Waals surface area (Å²) in [7, 11) is -0.0565. The zero-order valence-electron chi connectivity index (χ0n) is 22.1. The molecule has 4 aromatic rings. The zero-order valence-corrected chi connectivity index (χ0v) is 22.9. The first-order chi connectivity index (χ1) is 18.2. The van der Waals surface area contributed by atoms with Crippen LogP contribution in [0.3, 0.4) is 0 Å². The number of aromatic amines is 1. The highest BCUT2D eigenvalue weighted by atomic mass is 31.2. The van der Waals surface area contributed by atoms with Crippen LogP contribution in [0.15, 0.2) is 41.2 Å². The Morgan fingerprint density at radius 2 is 1.95 bits per heavy atom. The number of rotatable bonds is 6. The van der Waals surface area contributed by atoms with Gasteiger partial charge in [-0.25, -0.2) is 9.37 Å². The number of fused-ring (bicyclic) bond motifs is 3. The first-order valence-corrected chi connectivity index (χ1v) is 15.4. The van der Waals surface area contributed by atoms with Crippen molar-refractivity contribution in [2.24, 2.45) is 7.05 Å². The van der Waals surface area contributed by atoms with Gasteiger partial charge >= 0.3 is 0 Å². The summed E-state index contributed by atoms with van der Waals surface area (Å²) in [5.41, 5.74) is 5.14. The lowest BCUT2D eigenvalue weighted by Crippen LogP contribution is -2.35. The summed E-state index contributed by atoms with van der Waals surface area (Å²) in [5, 5.41) is 4.77. The van der Waals surface area contributed by atoms with Crippen molar-refractivity contribution < 1.29 is 8.96 Å². The van der Waals surface area contributed by atoms with E-state index in [1.807, 2.05) is 43.7 Å². The van der Waals surface area contributed by atoms with Crippen molar-refractivity contribution in [1.29, 1.82) is 0 Å². The Balaban J connectivity index is 1.27. The Kier molecular flexibility index (Phi) is 6.28. The van der Waals surface area contributed by atoms with Gasteiger partial charge in [0.25, 0.3) is 5.56 Å². The Labute approximate surface area is 221 Å². The molecule has 0 amide bonds. The maximum atomic E-state index is 13.5. The maximum absolute atomic E-state index is 13.5. The largest absolute Gasteiger partial charge is 0.325 e. The number of nitrogens with zero attached hydrogens (tertiary/aromatic N) is 3. The molecule has 2 fully saturated rings. The predicted molar refractivity (Wildman–Crippen MR) is 154 cm³/mol. The molecular formula is C29H33FN5O2P. The van der Waals surface area contributed by atoms with E-state index in [0.717, 1.165) is 78.2 Å². The molecule has 9 heteroatoms. The lowest BCUT2D eigenvalue weighted by atomic mass is 10.0. The van der Waals surface area contributed by atoms with Gasteiger partial charge in [-0.15, -0.1) is 0 Å². The molecule has 0 bridgehead atoms. The van der Waals surface area contributed by atoms with E-state index in [0.29, 0.717) is 22.5 Å². The third kappa shape index (κ3) is 4.50. The smallest absolute Gasteiger partial charge is 0.258 e. The summed E-state index contributed by atoms with van der Waals surface area (Å²) in [6.07, 6.45) is 8.08. The van der Waals surface area contributed by atoms with Crippen LogP contribution in [0, 0.1) is 19.7 Å². The third-order valence-corrected chi connectivity index (χ3v) is 12.0. The van der Waals surface area contributed by atoms with Gasteiger partial charge in [0, 0.05) is 56.0 Å². The van der Waals surface area contributed by atoms with Gasteiger partial charge in [-0.2, -0.15) is 0 Å². The van der Waals surface area contributed by atoms with Crippen molar-refractivity contribution in [2.75, 3.05) is 37.3 Å². The molecule has 1 saturated heterocycles. The zero-order chi connectivity index (χ0) is 26.6. The lowest BCUT2D eigenvalue weighted by molar-refractivity contribution is 0.326. The van der Waals surface area contributed by atoms with Crippen molar-refractivity contribution in [1.82, 2.24) is 19.4 Å². The second-order valence-electron chi connectivity index (χ2n) is 10.8. The van der Waals surface area contributed by atoms with Gasteiger partial charge in [0.2, 0.25) is 5.95 Å². The number of benzene rings is 2. The maximum Gasteiger partial charge on any atom is 0.258 e. The number of pyridine rings is 1. The SMILES string of the molecule is Cc1cc(F)ccc1Nc1nc2ccc3c(C)c(C=CCN4CCP(=O)(C5CC5)CC4)[nH]c(=O)c3c2n1C. The van der Waals surface area contributed by atoms with E-state index in [2.05, 4.69) is 21.3 Å². The van der Waals surface area contributed by atoms with Gasteiger partial charge in [-0.05, 0) is 73.5 Å². The fourth-order valence-corrected chi connectivity index (χ4v) is 8.98. The highest BCUT2D eigenvalue weighted by molar-refractivity contribution is 7.65. The molecule has 198 valence electrons. The summed E-state index contributed by atoms with van der Waals surface area (Å²) < 4.78 is 28.4. The van der Waals surface area contributed by atoms with Gasteiger partial charge in [-0.3, -0.25) is 9.69 Å². The van der Waals surface area contributed by atoms with Gasteiger partial charge in [0.1, 0.15) is 5.82 Å². The van der Waals surface area contributed by atoms with E-state index in [9.17, 15) is 13.8 Å². The van der Waals surface area contributed by atoms with E-state index in [4.69, 9.17) is 4.98 Å². The number of hydrogen-bond donors (Lipinski definition) is 2. The monoisotopic (exact) mass is 533 g/mol. The molecule has 2 aromatic carbocycles. The van der Waals surface area contributed by atoms with Crippen LogP contribution in [0.4, 0.5) is 16.0 Å². The molecule has 1 saturated carbocycles. The summed E-state index contributed by atoms with van der Waals surface area (Å²) in [5.74, 6) is 0.294. The average molecular weight is 534 g/mol. The van der Waals surface area contributed by atoms with Crippen molar-refractivity contribution >= 4 is 46.7 Å². The van der Waals surface area contributed by atoms with Crippen LogP contribution in [-0.4, -0.2) is 57.1 Å². The van der Waals surface area contributed by atoms with E-state index >= 15 is 0 Å². The highest BCUT2D eigenvalue weighted by Crippen LogP contribution is 2.61. The summed E-state index contributed by atoms with van der Waals surface area (Å²) in [4.78, 5) is 23.5. The number of aryl methyl sites for hydroxylation is 3. The molecule has 2 N–H and O–H groups in total. The standard InChI is InChI=1S/C29H33FN5O2P/c1-18-17-20(30)6-10-23(18)32-29-33-25-11-9-22-19(2)24(31-28(36)26(22)27(25)34(29)3)5-4-12-35-13-15-38(37,16-14-35)21-7-8-21/h4-6,9-11,17,21H,7-8,12-16H2,1-3H3,(H,31,36)(H,32,33). The fraction of sp³-hybridized carbons (Fsp3) is 0.379. The molecule has 1 aliphatic heterocycles. The molecule has 0 spiro atoms. The minimum atomic E-state index is -1.93. The molecule has 2 aromatic heterocycles. The van der Waals surface area contributed by atoms with E-state index in [1.54, 1.807) is 6.07 Å². The minimum Gasteiger partial charge on any atom is -0.325 e. The van der Waals surface area contributed by atoms with Crippen LogP contribution >= 0.6 is 7.14 Å². The van der Waals surface area contributed by atoms with Crippen LogP contribution in [0.5, 0.6) is 0 Å². The number of imidazole rings is 1. The number of H-pyrrole nitrogens is 1. The molecule has 38 heavy (non-hydrogen) atoms. The van der Waals surface area contributed by atoms with Gasteiger partial charge in [0.05, 0.1) is 23.6 Å². The number of aromatic nitrogens is 3. The number of anilines is 2. The average Bonchev–Trinajstić information content (AvgIpc) is 3.70. The molecule has 6 rings (SSSR count). The number of nitrogens with one attached hydrogen (secondary N) is 2. The van der Waals surface area contributed by atoms with Gasteiger partial charge < -0.3 is 19.4 Å². The molecular weight excluding hydrogens is 500 g/mol. The van der Waals surface area contributed by atoms with E-state index < -0.39 is 7.14 Å². The van der Waals surface area contributed by atoms with Gasteiger partial charge in [-0.1, -0.05) is 12.1 Å². The minimum absolute atomic E-state index is 0.160. The highest BCUT2D eigenvalue weighted by Gasteiger charge is 2.42. The van der Waals surface area contributed by atoms with Crippen LogP contribution in [-0.2, 0) is 11.6 Å². The number of hydrogen-bond acceptors (Lipinski definition) is 5. The lowest BCUT2D eigenvalue weighted by Gasteiger charge is -2.31. The topological polar surface area (TPSA) is 83.0 Å². The third-order valence-electron chi connectivity index (χ3n) is 8.20. The Morgan fingerprint density at radius 3 is 2.66 bits per heavy atom. The first-order valence-electron chi connectivity index (χ1n) is 13.3. The molecule has 0 unspecified atom stereocenters. The van der Waals surface area contributed by atoms with Gasteiger partial charge in [0.15, 0.2) is 0 Å². The fourth-order valence-electron chi connectivity index (χ4n) is 5.69. The van der Waals surface area contributed by atoms with Crippen LogP contribution in [0.1, 0.15) is 29.7 Å². The second-order valence-corrected chi connectivity index (χ2v) is 14.3. The van der Waals surface area contributed by atoms with Crippen LogP contribution in [0.25, 0.3) is 27.9 Å². The molecule has 7 nitrogen and oxygen atoms in total. The van der Waals surface area contributed by atoms with E-state index in [1.165, 1.54) is 12.1 Å². The molecule has 0 radical (unpaired) electrons. The predicted octanol–water partition coefficient (Wildman–Crippen LogP) is 5.77. The second kappa shape index (κ2) is 9.51.